The van der Waals surface area contributed by atoms with Crippen LogP contribution in [0.2, 0.25) is 0 Å². The summed E-state index contributed by atoms with van der Waals surface area (Å²) >= 11 is 0. The number of hydrogen-bond acceptors (Lipinski definition) is 5. The van der Waals surface area contributed by atoms with Crippen LogP contribution in [0, 0.1) is 0 Å². The summed E-state index contributed by atoms with van der Waals surface area (Å²) in [5, 5.41) is 12.9. The van der Waals surface area contributed by atoms with Crippen LogP contribution in [0.5, 0.6) is 0 Å². The minimum absolute atomic E-state index is 0.0440. The Labute approximate surface area is 112 Å². The topological polar surface area (TPSA) is 79.5 Å². The van der Waals surface area contributed by atoms with E-state index in [0.29, 0.717) is 24.3 Å². The molecule has 1 heterocycles. The van der Waals surface area contributed by atoms with Crippen molar-refractivity contribution in [1.29, 1.82) is 0 Å². The van der Waals surface area contributed by atoms with Crippen LogP contribution >= 0.6 is 0 Å². The molecule has 0 bridgehead atoms. The van der Waals surface area contributed by atoms with Crippen LogP contribution in [-0.2, 0) is 17.8 Å². The fraction of sp³-hybridized carbons (Fsp3) is 0.769. The zero-order valence-corrected chi connectivity index (χ0v) is 11.3. The second-order valence-electron chi connectivity index (χ2n) is 5.09. The monoisotopic (exact) mass is 267 g/mol. The molecule has 1 aliphatic carbocycles. The molecule has 1 aliphatic rings. The first-order valence-electron chi connectivity index (χ1n) is 6.96. The van der Waals surface area contributed by atoms with Crippen LogP contribution in [0.4, 0.5) is 0 Å². The van der Waals surface area contributed by atoms with E-state index in [1.54, 1.807) is 0 Å². The number of aromatic nitrogens is 2. The van der Waals surface area contributed by atoms with Crippen molar-refractivity contribution >= 4 is 5.97 Å². The predicted molar refractivity (Wildman–Crippen MR) is 68.6 cm³/mol. The van der Waals surface area contributed by atoms with E-state index in [4.69, 9.17) is 9.63 Å². The molecule has 19 heavy (non-hydrogen) atoms. The van der Waals surface area contributed by atoms with E-state index in [0.717, 1.165) is 25.7 Å². The molecule has 2 rings (SSSR count). The summed E-state index contributed by atoms with van der Waals surface area (Å²) in [4.78, 5) is 17.2. The molecule has 1 saturated carbocycles. The van der Waals surface area contributed by atoms with Gasteiger partial charge in [0, 0.05) is 12.5 Å². The highest BCUT2D eigenvalue weighted by Gasteiger charge is 2.25. The lowest BCUT2D eigenvalue weighted by atomic mass is 10.2. The third-order valence-electron chi connectivity index (χ3n) is 3.50. The van der Waals surface area contributed by atoms with E-state index in [2.05, 4.69) is 17.1 Å². The zero-order valence-electron chi connectivity index (χ0n) is 11.3. The first-order chi connectivity index (χ1) is 9.19. The normalized spacial score (nSPS) is 16.3. The SMILES string of the molecule is CCCc1nc(CN(CC(=O)O)C2CCCC2)no1. The first kappa shape index (κ1) is 14.0. The number of rotatable bonds is 7. The average molecular weight is 267 g/mol. The Kier molecular flexibility index (Phi) is 4.90. The maximum atomic E-state index is 11.0. The van der Waals surface area contributed by atoms with Gasteiger partial charge in [0.1, 0.15) is 0 Å². The molecule has 0 aliphatic heterocycles. The third kappa shape index (κ3) is 4.02. The lowest BCUT2D eigenvalue weighted by molar-refractivity contribution is -0.139. The van der Waals surface area contributed by atoms with Gasteiger partial charge in [0.25, 0.3) is 0 Å². The van der Waals surface area contributed by atoms with Crippen molar-refractivity contribution in [2.75, 3.05) is 6.54 Å². The summed E-state index contributed by atoms with van der Waals surface area (Å²) < 4.78 is 5.14. The highest BCUT2D eigenvalue weighted by molar-refractivity contribution is 5.69. The zero-order chi connectivity index (χ0) is 13.7. The number of carboxylic acids is 1. The fourth-order valence-electron chi connectivity index (χ4n) is 2.61. The molecule has 0 radical (unpaired) electrons. The van der Waals surface area contributed by atoms with Gasteiger partial charge in [0.15, 0.2) is 5.82 Å². The molecular formula is C13H21N3O3. The average Bonchev–Trinajstić information content (AvgIpc) is 2.99. The first-order valence-corrected chi connectivity index (χ1v) is 6.96. The molecule has 0 amide bonds. The number of carbonyl (C=O) groups is 1. The van der Waals surface area contributed by atoms with Crippen LogP contribution in [0.3, 0.4) is 0 Å². The summed E-state index contributed by atoms with van der Waals surface area (Å²) in [5.41, 5.74) is 0. The van der Waals surface area contributed by atoms with Gasteiger partial charge in [0.05, 0.1) is 13.1 Å². The Morgan fingerprint density at radius 1 is 1.47 bits per heavy atom. The Morgan fingerprint density at radius 3 is 2.84 bits per heavy atom. The molecule has 106 valence electrons. The van der Waals surface area contributed by atoms with Crippen LogP contribution in [0.25, 0.3) is 0 Å². The van der Waals surface area contributed by atoms with E-state index in [-0.39, 0.29) is 6.54 Å². The molecule has 1 fully saturated rings. The van der Waals surface area contributed by atoms with Gasteiger partial charge in [-0.3, -0.25) is 9.69 Å². The van der Waals surface area contributed by atoms with Crippen molar-refractivity contribution in [3.05, 3.63) is 11.7 Å². The minimum Gasteiger partial charge on any atom is -0.480 e. The molecule has 1 aromatic heterocycles. The fourth-order valence-corrected chi connectivity index (χ4v) is 2.61. The Morgan fingerprint density at radius 2 is 2.21 bits per heavy atom. The summed E-state index contributed by atoms with van der Waals surface area (Å²) in [6, 6.07) is 0.337. The molecule has 0 spiro atoms. The number of nitrogens with zero attached hydrogens (tertiary/aromatic N) is 3. The minimum atomic E-state index is -0.802. The molecule has 0 saturated heterocycles. The van der Waals surface area contributed by atoms with Crippen LogP contribution in [-0.4, -0.2) is 38.7 Å². The number of aryl methyl sites for hydroxylation is 1. The smallest absolute Gasteiger partial charge is 0.317 e. The van der Waals surface area contributed by atoms with Gasteiger partial charge in [-0.05, 0) is 19.3 Å². The van der Waals surface area contributed by atoms with Crippen molar-refractivity contribution < 1.29 is 14.4 Å². The maximum Gasteiger partial charge on any atom is 0.317 e. The predicted octanol–water partition coefficient (Wildman–Crippen LogP) is 1.85. The van der Waals surface area contributed by atoms with Gasteiger partial charge in [-0.1, -0.05) is 24.9 Å². The largest absolute Gasteiger partial charge is 0.480 e. The summed E-state index contributed by atoms with van der Waals surface area (Å²) in [6.07, 6.45) is 6.21. The number of carboxylic acid groups (broad SMARTS) is 1. The quantitative estimate of drug-likeness (QED) is 0.812. The Hall–Kier alpha value is -1.43. The van der Waals surface area contributed by atoms with E-state index in [1.165, 1.54) is 12.8 Å². The number of hydrogen-bond donors (Lipinski definition) is 1. The van der Waals surface area contributed by atoms with Crippen molar-refractivity contribution in [1.82, 2.24) is 15.0 Å². The summed E-state index contributed by atoms with van der Waals surface area (Å²) in [7, 11) is 0. The van der Waals surface area contributed by atoms with Gasteiger partial charge >= 0.3 is 5.97 Å². The van der Waals surface area contributed by atoms with E-state index in [9.17, 15) is 4.79 Å². The molecular weight excluding hydrogens is 246 g/mol. The molecule has 1 N–H and O–H groups in total. The van der Waals surface area contributed by atoms with Crippen molar-refractivity contribution in [3.63, 3.8) is 0 Å². The second kappa shape index (κ2) is 6.65. The van der Waals surface area contributed by atoms with Gasteiger partial charge in [-0.2, -0.15) is 4.98 Å². The summed E-state index contributed by atoms with van der Waals surface area (Å²) in [5.74, 6) is 0.431. The van der Waals surface area contributed by atoms with E-state index < -0.39 is 5.97 Å². The van der Waals surface area contributed by atoms with Gasteiger partial charge in [-0.25, -0.2) is 0 Å². The van der Waals surface area contributed by atoms with Gasteiger partial charge in [-0.15, -0.1) is 0 Å². The van der Waals surface area contributed by atoms with E-state index >= 15 is 0 Å². The maximum absolute atomic E-state index is 11.0. The molecule has 0 aromatic carbocycles. The lowest BCUT2D eigenvalue weighted by Crippen LogP contribution is -2.37. The Balaban J connectivity index is 1.99. The molecule has 1 aromatic rings. The third-order valence-corrected chi connectivity index (χ3v) is 3.50. The molecule has 6 nitrogen and oxygen atoms in total. The van der Waals surface area contributed by atoms with Crippen molar-refractivity contribution in [2.24, 2.45) is 0 Å². The van der Waals surface area contributed by atoms with Crippen molar-refractivity contribution in [2.45, 2.75) is 58.0 Å². The van der Waals surface area contributed by atoms with Crippen LogP contribution in [0.1, 0.15) is 50.7 Å². The highest BCUT2D eigenvalue weighted by atomic mass is 16.5. The van der Waals surface area contributed by atoms with Gasteiger partial charge < -0.3 is 9.63 Å². The number of aliphatic carboxylic acids is 1. The summed E-state index contributed by atoms with van der Waals surface area (Å²) in [6.45, 7) is 2.56. The Bertz CT molecular complexity index is 413. The molecule has 0 atom stereocenters. The second-order valence-corrected chi connectivity index (χ2v) is 5.09. The van der Waals surface area contributed by atoms with E-state index in [1.807, 2.05) is 4.90 Å². The van der Waals surface area contributed by atoms with Crippen LogP contribution < -0.4 is 0 Å². The van der Waals surface area contributed by atoms with Crippen LogP contribution in [0.15, 0.2) is 4.52 Å². The highest BCUT2D eigenvalue weighted by Crippen LogP contribution is 2.24. The standard InChI is InChI=1S/C13H21N3O3/c1-2-5-12-14-11(15-19-12)8-16(9-13(17)18)10-6-3-4-7-10/h10H,2-9H2,1H3,(H,17,18). The van der Waals surface area contributed by atoms with Gasteiger partial charge in [0.2, 0.25) is 5.89 Å². The lowest BCUT2D eigenvalue weighted by Gasteiger charge is -2.25. The molecule has 6 heteroatoms. The molecule has 0 unspecified atom stereocenters. The van der Waals surface area contributed by atoms with Crippen molar-refractivity contribution in [3.8, 4) is 0 Å².